The number of aromatic hydroxyl groups is 1. The van der Waals surface area contributed by atoms with Crippen molar-refractivity contribution in [3.8, 4) is 11.5 Å². The third kappa shape index (κ3) is 5.79. The van der Waals surface area contributed by atoms with Crippen LogP contribution in [0.4, 0.5) is 5.69 Å². The topological polar surface area (TPSA) is 83.0 Å². The number of rotatable bonds is 7. The first kappa shape index (κ1) is 18.8. The average molecular weight is 406 g/mol. The van der Waals surface area contributed by atoms with Crippen LogP contribution in [0, 0.1) is 0 Å². The van der Waals surface area contributed by atoms with Crippen LogP contribution in [0.15, 0.2) is 52.0 Å². The van der Waals surface area contributed by atoms with Crippen molar-refractivity contribution in [3.63, 3.8) is 0 Å². The molecule has 25 heavy (non-hydrogen) atoms. The van der Waals surface area contributed by atoms with Crippen LogP contribution in [0.25, 0.3) is 0 Å². The van der Waals surface area contributed by atoms with Crippen molar-refractivity contribution in [2.45, 2.75) is 19.9 Å². The number of hydrogen-bond donors (Lipinski definition) is 3. The van der Waals surface area contributed by atoms with E-state index in [-0.39, 0.29) is 11.7 Å². The number of ether oxygens (including phenoxy) is 1. The molecule has 0 aliphatic rings. The number of nitrogens with zero attached hydrogens (tertiary/aromatic N) is 1. The maximum Gasteiger partial charge on any atom is 0.262 e. The quantitative estimate of drug-likeness (QED) is 0.486. The minimum Gasteiger partial charge on any atom is -0.504 e. The largest absolute Gasteiger partial charge is 0.504 e. The van der Waals surface area contributed by atoms with Crippen LogP contribution in [0.2, 0.25) is 0 Å². The first-order valence-electron chi connectivity index (χ1n) is 7.80. The van der Waals surface area contributed by atoms with Crippen LogP contribution in [0.5, 0.6) is 11.5 Å². The fourth-order valence-corrected chi connectivity index (χ4v) is 2.29. The average Bonchev–Trinajstić information content (AvgIpc) is 2.59. The number of amides is 1. The Morgan fingerprint density at radius 2 is 2.04 bits per heavy atom. The van der Waals surface area contributed by atoms with Crippen LogP contribution in [0.3, 0.4) is 0 Å². The predicted molar refractivity (Wildman–Crippen MR) is 102 cm³/mol. The lowest BCUT2D eigenvalue weighted by atomic mass is 10.2. The van der Waals surface area contributed by atoms with Gasteiger partial charge < -0.3 is 15.2 Å². The molecule has 7 heteroatoms. The minimum absolute atomic E-state index is 0.0300. The molecule has 1 amide bonds. The summed E-state index contributed by atoms with van der Waals surface area (Å²) in [6.45, 7) is 4.06. The summed E-state index contributed by atoms with van der Waals surface area (Å²) in [5.74, 6) is 0.174. The summed E-state index contributed by atoms with van der Waals surface area (Å²) in [6.07, 6.45) is 1.46. The summed E-state index contributed by atoms with van der Waals surface area (Å²) in [6, 6.07) is 12.0. The van der Waals surface area contributed by atoms with Crippen molar-refractivity contribution in [3.05, 3.63) is 52.5 Å². The summed E-state index contributed by atoms with van der Waals surface area (Å²) >= 11 is 3.36. The number of phenolic OH excluding ortho intramolecular Hbond substituents is 1. The van der Waals surface area contributed by atoms with Gasteiger partial charge in [0.2, 0.25) is 0 Å². The molecule has 0 radical (unpaired) electrons. The van der Waals surface area contributed by atoms with Gasteiger partial charge in [-0.05, 0) is 61.9 Å². The van der Waals surface area contributed by atoms with Gasteiger partial charge in [-0.3, -0.25) is 4.79 Å². The molecule has 6 nitrogen and oxygen atoms in total. The van der Waals surface area contributed by atoms with Gasteiger partial charge in [0, 0.05) is 10.2 Å². The molecule has 0 heterocycles. The minimum atomic E-state index is -0.452. The molecule has 3 N–H and O–H groups in total. The van der Waals surface area contributed by atoms with E-state index in [1.165, 1.54) is 12.3 Å². The zero-order chi connectivity index (χ0) is 18.2. The number of nitrogens with one attached hydrogen (secondary N) is 2. The molecule has 2 aromatic carbocycles. The molecule has 0 bridgehead atoms. The molecule has 0 saturated carbocycles. The lowest BCUT2D eigenvalue weighted by Gasteiger charge is -2.13. The molecule has 1 atom stereocenters. The Morgan fingerprint density at radius 1 is 1.32 bits per heavy atom. The van der Waals surface area contributed by atoms with Crippen molar-refractivity contribution in [2.24, 2.45) is 5.10 Å². The number of carbonyl (C=O) groups excluding carboxylic acids is 1. The van der Waals surface area contributed by atoms with Gasteiger partial charge in [-0.25, -0.2) is 5.43 Å². The molecule has 0 fully saturated rings. The van der Waals surface area contributed by atoms with Crippen LogP contribution in [-0.2, 0) is 4.79 Å². The van der Waals surface area contributed by atoms with E-state index in [4.69, 9.17) is 4.74 Å². The SMILES string of the molecule is CCOc1ccc(/C=N\NC(=O)[C@@H](C)Nc2ccc(Br)cc2)cc1O. The highest BCUT2D eigenvalue weighted by molar-refractivity contribution is 9.10. The number of phenols is 1. The maximum atomic E-state index is 12.0. The van der Waals surface area contributed by atoms with E-state index in [1.807, 2.05) is 31.2 Å². The second kappa shape index (κ2) is 9.08. The molecule has 0 unspecified atom stereocenters. The van der Waals surface area contributed by atoms with Gasteiger partial charge in [0.25, 0.3) is 5.91 Å². The van der Waals surface area contributed by atoms with Crippen LogP contribution in [-0.4, -0.2) is 29.9 Å². The Morgan fingerprint density at radius 3 is 2.68 bits per heavy atom. The molecule has 132 valence electrons. The van der Waals surface area contributed by atoms with E-state index in [9.17, 15) is 9.90 Å². The predicted octanol–water partition coefficient (Wildman–Crippen LogP) is 3.50. The van der Waals surface area contributed by atoms with Crippen molar-refractivity contribution in [1.82, 2.24) is 5.43 Å². The number of benzene rings is 2. The van der Waals surface area contributed by atoms with Crippen molar-refractivity contribution in [2.75, 3.05) is 11.9 Å². The molecule has 0 aliphatic carbocycles. The van der Waals surface area contributed by atoms with E-state index in [1.54, 1.807) is 19.1 Å². The normalized spacial score (nSPS) is 12.0. The van der Waals surface area contributed by atoms with Gasteiger partial charge in [-0.15, -0.1) is 0 Å². The number of carbonyl (C=O) groups is 1. The molecule has 2 aromatic rings. The molecule has 0 aliphatic heterocycles. The Bertz CT molecular complexity index is 748. The van der Waals surface area contributed by atoms with E-state index >= 15 is 0 Å². The maximum absolute atomic E-state index is 12.0. The first-order chi connectivity index (χ1) is 12.0. The van der Waals surface area contributed by atoms with Gasteiger partial charge >= 0.3 is 0 Å². The summed E-state index contributed by atoms with van der Waals surface area (Å²) in [5, 5.41) is 16.8. The Kier molecular flexibility index (Phi) is 6.82. The van der Waals surface area contributed by atoms with E-state index in [0.29, 0.717) is 17.9 Å². The second-order valence-corrected chi connectivity index (χ2v) is 6.18. The molecule has 2 rings (SSSR count). The summed E-state index contributed by atoms with van der Waals surface area (Å²) < 4.78 is 6.22. The van der Waals surface area contributed by atoms with E-state index in [0.717, 1.165) is 10.2 Å². The summed E-state index contributed by atoms with van der Waals surface area (Å²) in [7, 11) is 0. The monoisotopic (exact) mass is 405 g/mol. The lowest BCUT2D eigenvalue weighted by molar-refractivity contribution is -0.121. The number of hydrazone groups is 1. The fourth-order valence-electron chi connectivity index (χ4n) is 2.02. The molecule has 0 saturated heterocycles. The highest BCUT2D eigenvalue weighted by Gasteiger charge is 2.11. The molecule has 0 aromatic heterocycles. The first-order valence-corrected chi connectivity index (χ1v) is 8.59. The molecular formula is C18H20BrN3O3. The van der Waals surface area contributed by atoms with Gasteiger partial charge in [-0.2, -0.15) is 5.10 Å². The highest BCUT2D eigenvalue weighted by Crippen LogP contribution is 2.26. The van der Waals surface area contributed by atoms with Crippen LogP contribution < -0.4 is 15.5 Å². The third-order valence-electron chi connectivity index (χ3n) is 3.29. The standard InChI is InChI=1S/C18H20BrN3O3/c1-3-25-17-9-4-13(10-16(17)23)11-20-22-18(24)12(2)21-15-7-5-14(19)6-8-15/h4-12,21,23H,3H2,1-2H3,(H,22,24)/b20-11-/t12-/m1/s1. The smallest absolute Gasteiger partial charge is 0.262 e. The third-order valence-corrected chi connectivity index (χ3v) is 3.82. The summed E-state index contributed by atoms with van der Waals surface area (Å²) in [5.41, 5.74) is 3.95. The van der Waals surface area contributed by atoms with E-state index < -0.39 is 6.04 Å². The van der Waals surface area contributed by atoms with Gasteiger partial charge in [0.05, 0.1) is 12.8 Å². The van der Waals surface area contributed by atoms with Crippen molar-refractivity contribution >= 4 is 33.7 Å². The number of anilines is 1. The van der Waals surface area contributed by atoms with Crippen LogP contribution >= 0.6 is 15.9 Å². The van der Waals surface area contributed by atoms with Crippen molar-refractivity contribution < 1.29 is 14.6 Å². The fraction of sp³-hybridized carbons (Fsp3) is 0.222. The zero-order valence-corrected chi connectivity index (χ0v) is 15.6. The number of halogens is 1. The zero-order valence-electron chi connectivity index (χ0n) is 14.0. The van der Waals surface area contributed by atoms with E-state index in [2.05, 4.69) is 31.8 Å². The molecule has 0 spiro atoms. The Hall–Kier alpha value is -2.54. The summed E-state index contributed by atoms with van der Waals surface area (Å²) in [4.78, 5) is 12.0. The van der Waals surface area contributed by atoms with Gasteiger partial charge in [0.1, 0.15) is 6.04 Å². The lowest BCUT2D eigenvalue weighted by Crippen LogP contribution is -2.34. The van der Waals surface area contributed by atoms with Gasteiger partial charge in [0.15, 0.2) is 11.5 Å². The Balaban J connectivity index is 1.89. The van der Waals surface area contributed by atoms with Crippen LogP contribution in [0.1, 0.15) is 19.4 Å². The van der Waals surface area contributed by atoms with Crippen molar-refractivity contribution in [1.29, 1.82) is 0 Å². The highest BCUT2D eigenvalue weighted by atomic mass is 79.9. The second-order valence-electron chi connectivity index (χ2n) is 5.27. The Labute approximate surface area is 155 Å². The van der Waals surface area contributed by atoms with Gasteiger partial charge in [-0.1, -0.05) is 15.9 Å². The molecular weight excluding hydrogens is 386 g/mol. The number of hydrogen-bond acceptors (Lipinski definition) is 5.